The van der Waals surface area contributed by atoms with Crippen molar-refractivity contribution in [2.75, 3.05) is 26.4 Å². The Balaban J connectivity index is 2.12. The van der Waals surface area contributed by atoms with E-state index in [9.17, 15) is 13.2 Å². The van der Waals surface area contributed by atoms with Gasteiger partial charge in [-0.2, -0.15) is 8.42 Å². The number of carbonyl (C=O) groups excluding carboxylic acids is 1. The quantitative estimate of drug-likeness (QED) is 0.528. The molecule has 1 aromatic carbocycles. The molecule has 0 aliphatic rings. The monoisotopic (exact) mass is 373 g/mol. The molecule has 7 nitrogen and oxygen atoms in total. The van der Waals surface area contributed by atoms with Crippen molar-refractivity contribution < 1.29 is 26.9 Å². The van der Waals surface area contributed by atoms with Crippen LogP contribution in [0.2, 0.25) is 0 Å². The first-order valence-electron chi connectivity index (χ1n) is 8.11. The van der Waals surface area contributed by atoms with E-state index >= 15 is 0 Å². The fourth-order valence-corrected chi connectivity index (χ4v) is 2.69. The summed E-state index contributed by atoms with van der Waals surface area (Å²) in [5, 5.41) is 2.57. The average molecular weight is 373 g/mol. The summed E-state index contributed by atoms with van der Waals surface area (Å²) in [7, 11) is -3.73. The molecule has 1 rings (SSSR count). The lowest BCUT2D eigenvalue weighted by molar-refractivity contribution is 0.0495. The van der Waals surface area contributed by atoms with Gasteiger partial charge in [0.25, 0.3) is 10.1 Å². The van der Waals surface area contributed by atoms with E-state index in [1.54, 1.807) is 32.9 Å². The van der Waals surface area contributed by atoms with Gasteiger partial charge in [-0.25, -0.2) is 4.79 Å². The van der Waals surface area contributed by atoms with Crippen molar-refractivity contribution in [1.29, 1.82) is 0 Å². The maximum Gasteiger partial charge on any atom is 0.407 e. The van der Waals surface area contributed by atoms with Gasteiger partial charge in [0.05, 0.1) is 18.1 Å². The number of hydrogen-bond donors (Lipinski definition) is 1. The standard InChI is InChI=1S/C17H27NO6S/c1-14-6-8-15(9-7-14)25(20,21)23-12-5-11-22-13-10-18-16(19)24-17(2,3)4/h6-9H,5,10-13H2,1-4H3,(H,18,19). The van der Waals surface area contributed by atoms with E-state index in [-0.39, 0.29) is 11.5 Å². The maximum absolute atomic E-state index is 11.9. The molecule has 0 fully saturated rings. The molecule has 0 aliphatic carbocycles. The summed E-state index contributed by atoms with van der Waals surface area (Å²) < 4.78 is 39.2. The predicted octanol–water partition coefficient (Wildman–Crippen LogP) is 2.63. The largest absolute Gasteiger partial charge is 0.444 e. The van der Waals surface area contributed by atoms with E-state index < -0.39 is 21.8 Å². The number of rotatable bonds is 9. The minimum absolute atomic E-state index is 0.0374. The van der Waals surface area contributed by atoms with Crippen LogP contribution >= 0.6 is 0 Å². The summed E-state index contributed by atoms with van der Waals surface area (Å²) in [6.45, 7) is 8.23. The molecule has 25 heavy (non-hydrogen) atoms. The van der Waals surface area contributed by atoms with E-state index in [0.717, 1.165) is 5.56 Å². The van der Waals surface area contributed by atoms with Gasteiger partial charge in [-0.05, 0) is 46.2 Å². The highest BCUT2D eigenvalue weighted by Gasteiger charge is 2.16. The van der Waals surface area contributed by atoms with Crippen molar-refractivity contribution >= 4 is 16.2 Å². The highest BCUT2D eigenvalue weighted by Crippen LogP contribution is 2.13. The van der Waals surface area contributed by atoms with E-state index in [1.807, 2.05) is 6.92 Å². The molecule has 8 heteroatoms. The zero-order valence-electron chi connectivity index (χ0n) is 15.2. The Kier molecular flexibility index (Phi) is 8.34. The SMILES string of the molecule is Cc1ccc(S(=O)(=O)OCCCOCCNC(=O)OC(C)(C)C)cc1. The molecule has 0 aliphatic heterocycles. The Labute approximate surface area is 149 Å². The first-order valence-corrected chi connectivity index (χ1v) is 9.52. The number of benzene rings is 1. The lowest BCUT2D eigenvalue weighted by Gasteiger charge is -2.19. The van der Waals surface area contributed by atoms with E-state index in [1.165, 1.54) is 12.1 Å². The highest BCUT2D eigenvalue weighted by atomic mass is 32.2. The number of carbonyl (C=O) groups is 1. The lowest BCUT2D eigenvalue weighted by Crippen LogP contribution is -2.34. The highest BCUT2D eigenvalue weighted by molar-refractivity contribution is 7.86. The molecule has 142 valence electrons. The summed E-state index contributed by atoms with van der Waals surface area (Å²) in [5.41, 5.74) is 0.443. The van der Waals surface area contributed by atoms with Crippen LogP contribution < -0.4 is 5.32 Å². The van der Waals surface area contributed by atoms with Crippen LogP contribution in [-0.2, 0) is 23.8 Å². The topological polar surface area (TPSA) is 90.9 Å². The number of alkyl carbamates (subject to hydrolysis) is 1. The number of amides is 1. The van der Waals surface area contributed by atoms with Crippen LogP contribution in [0.25, 0.3) is 0 Å². The predicted molar refractivity (Wildman–Crippen MR) is 94.0 cm³/mol. The van der Waals surface area contributed by atoms with Crippen molar-refractivity contribution in [3.05, 3.63) is 29.8 Å². The molecule has 0 aromatic heterocycles. The van der Waals surface area contributed by atoms with Crippen LogP contribution in [0.1, 0.15) is 32.8 Å². The molecule has 0 radical (unpaired) electrons. The summed E-state index contributed by atoms with van der Waals surface area (Å²) in [5.74, 6) is 0. The zero-order valence-corrected chi connectivity index (χ0v) is 16.0. The summed E-state index contributed by atoms with van der Waals surface area (Å²) in [6.07, 6.45) is -0.0685. The molecular formula is C17H27NO6S. The summed E-state index contributed by atoms with van der Waals surface area (Å²) >= 11 is 0. The molecule has 1 N–H and O–H groups in total. The van der Waals surface area contributed by atoms with Gasteiger partial charge in [-0.3, -0.25) is 4.18 Å². The Hall–Kier alpha value is -1.64. The molecule has 1 amide bonds. The van der Waals surface area contributed by atoms with Crippen LogP contribution in [0.3, 0.4) is 0 Å². The molecule has 0 spiro atoms. The molecule has 0 bridgehead atoms. The second-order valence-corrected chi connectivity index (χ2v) is 8.10. The third-order valence-corrected chi connectivity index (χ3v) is 4.22. The third kappa shape index (κ3) is 9.42. The van der Waals surface area contributed by atoms with Crippen LogP contribution in [0.15, 0.2) is 29.2 Å². The molecule has 0 saturated heterocycles. The number of aryl methyl sites for hydroxylation is 1. The van der Waals surface area contributed by atoms with E-state index in [2.05, 4.69) is 5.32 Å². The molecule has 0 heterocycles. The Morgan fingerprint density at radius 1 is 1.08 bits per heavy atom. The summed E-state index contributed by atoms with van der Waals surface area (Å²) in [4.78, 5) is 11.5. The van der Waals surface area contributed by atoms with Crippen LogP contribution in [0.5, 0.6) is 0 Å². The van der Waals surface area contributed by atoms with Crippen LogP contribution in [0, 0.1) is 6.92 Å². The maximum atomic E-state index is 11.9. The molecule has 0 unspecified atom stereocenters. The lowest BCUT2D eigenvalue weighted by atomic mass is 10.2. The third-order valence-electron chi connectivity index (χ3n) is 2.90. The van der Waals surface area contributed by atoms with Crippen LogP contribution in [0.4, 0.5) is 4.79 Å². The smallest absolute Gasteiger partial charge is 0.407 e. The summed E-state index contributed by atoms with van der Waals surface area (Å²) in [6, 6.07) is 6.47. The average Bonchev–Trinajstić information content (AvgIpc) is 2.48. The van der Waals surface area contributed by atoms with Gasteiger partial charge >= 0.3 is 6.09 Å². The number of hydrogen-bond acceptors (Lipinski definition) is 6. The minimum Gasteiger partial charge on any atom is -0.444 e. The Morgan fingerprint density at radius 2 is 1.72 bits per heavy atom. The zero-order chi connectivity index (χ0) is 18.9. The Morgan fingerprint density at radius 3 is 2.32 bits per heavy atom. The van der Waals surface area contributed by atoms with Gasteiger partial charge in [0.1, 0.15) is 5.60 Å². The van der Waals surface area contributed by atoms with Gasteiger partial charge in [0.2, 0.25) is 0 Å². The van der Waals surface area contributed by atoms with Gasteiger partial charge < -0.3 is 14.8 Å². The van der Waals surface area contributed by atoms with Crippen molar-refractivity contribution in [2.45, 2.75) is 44.6 Å². The molecule has 0 atom stereocenters. The molecule has 0 saturated carbocycles. The van der Waals surface area contributed by atoms with Crippen LogP contribution in [-0.4, -0.2) is 46.5 Å². The Bertz CT molecular complexity index is 634. The van der Waals surface area contributed by atoms with E-state index in [0.29, 0.717) is 26.2 Å². The van der Waals surface area contributed by atoms with Gasteiger partial charge in [0, 0.05) is 13.2 Å². The van der Waals surface area contributed by atoms with Crippen molar-refractivity contribution in [3.63, 3.8) is 0 Å². The van der Waals surface area contributed by atoms with Gasteiger partial charge in [-0.15, -0.1) is 0 Å². The van der Waals surface area contributed by atoms with Crippen molar-refractivity contribution in [3.8, 4) is 0 Å². The number of ether oxygens (including phenoxy) is 2. The first kappa shape index (κ1) is 21.4. The van der Waals surface area contributed by atoms with Gasteiger partial charge in [-0.1, -0.05) is 17.7 Å². The van der Waals surface area contributed by atoms with Crippen molar-refractivity contribution in [2.24, 2.45) is 0 Å². The van der Waals surface area contributed by atoms with Crippen molar-refractivity contribution in [1.82, 2.24) is 5.32 Å². The molecule has 1 aromatic rings. The normalized spacial score (nSPS) is 12.0. The van der Waals surface area contributed by atoms with Gasteiger partial charge in [0.15, 0.2) is 0 Å². The number of nitrogens with one attached hydrogen (secondary N) is 1. The second kappa shape index (κ2) is 9.74. The first-order chi connectivity index (χ1) is 11.6. The molecular weight excluding hydrogens is 346 g/mol. The van der Waals surface area contributed by atoms with E-state index in [4.69, 9.17) is 13.7 Å². The fraction of sp³-hybridized carbons (Fsp3) is 0.588. The fourth-order valence-electron chi connectivity index (χ4n) is 1.74. The second-order valence-electron chi connectivity index (χ2n) is 6.48. The minimum atomic E-state index is -3.73.